The predicted octanol–water partition coefficient (Wildman–Crippen LogP) is -5.12. The van der Waals surface area contributed by atoms with E-state index in [1.165, 1.54) is 11.8 Å². The minimum absolute atomic E-state index is 0.0112. The van der Waals surface area contributed by atoms with Crippen LogP contribution in [0.3, 0.4) is 0 Å². The average Bonchev–Trinajstić information content (AvgIpc) is 3.30. The molecule has 71 heavy (non-hydrogen) atoms. The Kier molecular flexibility index (Phi) is 33.5. The van der Waals surface area contributed by atoms with Crippen LogP contribution in [-0.2, 0) is 52.7 Å². The minimum atomic E-state index is -1.57. The molecule has 0 bridgehead atoms. The van der Waals surface area contributed by atoms with E-state index in [-0.39, 0.29) is 81.4 Å². The first-order valence-corrected chi connectivity index (χ1v) is 25.4. The standard InChI is InChI=1S/C41H74N14O13S3/c1-21(2)17-28(39(66)55-29(20-70)40(67)68)54-36(63)24(8-6-15-47-41(45)46)51-38(65)27(13-16-71-3)53-35(62)23(7-4-5-14-42)49-31(57)18-48-34(61)25(10-12-32(58)59)52-37(64)26(9-11-30(44)56)50-33(60)22(43)19-69/h21-29,69-70H,4-20,42-43H2,1-3H3,(H2,44,56)(H,48,61)(H,49,57)(H,50,60)(H,51,65)(H,52,64)(H,53,62)(H,54,63)(H,55,66)(H,58,59)(H,67,68)(H4,45,46,47)/t22-,23-,24-,25-,26-,27-,28-,29-/m0/s1. The number of nitrogens with zero attached hydrogens (tertiary/aromatic N) is 1. The molecule has 0 aliphatic carbocycles. The van der Waals surface area contributed by atoms with Crippen molar-refractivity contribution in [3.63, 3.8) is 0 Å². The second-order valence-corrected chi connectivity index (χ2v) is 18.3. The molecular weight excluding hydrogens is 993 g/mol. The summed E-state index contributed by atoms with van der Waals surface area (Å²) in [6, 6.07) is -10.7. The molecule has 0 unspecified atom stereocenters. The van der Waals surface area contributed by atoms with Gasteiger partial charge in [-0.2, -0.15) is 37.0 Å². The van der Waals surface area contributed by atoms with E-state index in [2.05, 4.69) is 72.8 Å². The van der Waals surface area contributed by atoms with Crippen LogP contribution in [0.2, 0.25) is 0 Å². The van der Waals surface area contributed by atoms with Crippen LogP contribution >= 0.6 is 37.0 Å². The van der Waals surface area contributed by atoms with Crippen LogP contribution in [0.1, 0.15) is 84.5 Å². The monoisotopic (exact) mass is 1070 g/mol. The molecule has 0 fully saturated rings. The molecule has 404 valence electrons. The number of aliphatic imine (C=N–C) groups is 1. The number of hydrogen-bond acceptors (Lipinski definition) is 17. The van der Waals surface area contributed by atoms with E-state index in [0.717, 1.165) is 0 Å². The van der Waals surface area contributed by atoms with Crippen LogP contribution in [0, 0.1) is 5.92 Å². The van der Waals surface area contributed by atoms with E-state index in [0.29, 0.717) is 18.6 Å². The van der Waals surface area contributed by atoms with Crippen molar-refractivity contribution in [1.29, 1.82) is 0 Å². The summed E-state index contributed by atoms with van der Waals surface area (Å²) in [6.45, 7) is 3.06. The summed E-state index contributed by atoms with van der Waals surface area (Å²) in [7, 11) is 0. The number of unbranched alkanes of at least 4 members (excludes halogenated alkanes) is 1. The molecule has 27 nitrogen and oxygen atoms in total. The van der Waals surface area contributed by atoms with Gasteiger partial charge in [-0.1, -0.05) is 13.8 Å². The molecule has 0 aliphatic rings. The van der Waals surface area contributed by atoms with Crippen LogP contribution in [0.4, 0.5) is 0 Å². The van der Waals surface area contributed by atoms with Gasteiger partial charge in [0, 0.05) is 30.9 Å². The largest absolute Gasteiger partial charge is 0.481 e. The molecule has 8 atom stereocenters. The number of primary amides is 1. The van der Waals surface area contributed by atoms with Gasteiger partial charge in [0.25, 0.3) is 0 Å². The third kappa shape index (κ3) is 28.8. The van der Waals surface area contributed by atoms with Gasteiger partial charge in [-0.25, -0.2) is 4.79 Å². The first-order valence-electron chi connectivity index (χ1n) is 22.7. The van der Waals surface area contributed by atoms with E-state index in [1.807, 2.05) is 0 Å². The number of rotatable bonds is 38. The van der Waals surface area contributed by atoms with Crippen LogP contribution < -0.4 is 71.2 Å². The van der Waals surface area contributed by atoms with E-state index in [9.17, 15) is 63.0 Å². The topological polar surface area (TPSA) is 467 Å². The van der Waals surface area contributed by atoms with Gasteiger partial charge in [-0.3, -0.25) is 52.9 Å². The van der Waals surface area contributed by atoms with E-state index >= 15 is 0 Å². The quantitative estimate of drug-likeness (QED) is 0.0119. The molecular formula is C41H74N14O13S3. The molecule has 0 aromatic carbocycles. The molecule has 30 heteroatoms. The van der Waals surface area contributed by atoms with Crippen molar-refractivity contribution < 1.29 is 63.0 Å². The van der Waals surface area contributed by atoms with Crippen LogP contribution in [0.25, 0.3) is 0 Å². The highest BCUT2D eigenvalue weighted by atomic mass is 32.2. The summed E-state index contributed by atoms with van der Waals surface area (Å²) in [5, 5.41) is 38.5. The van der Waals surface area contributed by atoms with Gasteiger partial charge in [-0.15, -0.1) is 0 Å². The number of carbonyl (C=O) groups excluding carboxylic acids is 9. The van der Waals surface area contributed by atoms with Gasteiger partial charge in [0.1, 0.15) is 42.3 Å². The number of thioether (sulfide) groups is 1. The SMILES string of the molecule is CSCC[C@H](NC(=O)[C@H](CCCCN)NC(=O)CNC(=O)[C@H](CCC(=O)O)NC(=O)[C@H](CCC(N)=O)NC(=O)[C@@H](N)CS)C(=O)N[C@@H](CCCN=C(N)N)C(=O)N[C@@H](CC(C)C)C(=O)N[C@@H](CS)C(=O)O. The van der Waals surface area contributed by atoms with Crippen LogP contribution in [0.15, 0.2) is 4.99 Å². The Balaban J connectivity index is 6.46. The average molecular weight is 1070 g/mol. The molecule has 0 saturated carbocycles. The van der Waals surface area contributed by atoms with E-state index in [4.69, 9.17) is 28.7 Å². The van der Waals surface area contributed by atoms with Gasteiger partial charge in [0.2, 0.25) is 53.2 Å². The number of nitrogens with two attached hydrogens (primary N) is 5. The summed E-state index contributed by atoms with van der Waals surface area (Å²) in [6.07, 6.45) is 1.00. The number of guanidine groups is 1. The maximum atomic E-state index is 14.0. The van der Waals surface area contributed by atoms with Crippen molar-refractivity contribution in [3.8, 4) is 0 Å². The molecule has 0 aromatic rings. The maximum absolute atomic E-state index is 14.0. The zero-order valence-corrected chi connectivity index (χ0v) is 42.8. The molecule has 9 amide bonds. The summed E-state index contributed by atoms with van der Waals surface area (Å²) < 4.78 is 0. The first-order chi connectivity index (χ1) is 33.4. The van der Waals surface area contributed by atoms with Crippen molar-refractivity contribution in [2.75, 3.05) is 43.1 Å². The predicted molar refractivity (Wildman–Crippen MR) is 270 cm³/mol. The zero-order chi connectivity index (χ0) is 54.2. The van der Waals surface area contributed by atoms with Gasteiger partial charge in [0.15, 0.2) is 5.96 Å². The Hall–Kier alpha value is -5.59. The summed E-state index contributed by atoms with van der Waals surface area (Å²) in [5.41, 5.74) is 27.5. The lowest BCUT2D eigenvalue weighted by atomic mass is 10.0. The van der Waals surface area contributed by atoms with Gasteiger partial charge in [-0.05, 0) is 82.3 Å². The number of thiol groups is 2. The lowest BCUT2D eigenvalue weighted by molar-refractivity contribution is -0.141. The Morgan fingerprint density at radius 2 is 1.04 bits per heavy atom. The highest BCUT2D eigenvalue weighted by Gasteiger charge is 2.34. The Labute approximate surface area is 427 Å². The molecule has 0 aliphatic heterocycles. The van der Waals surface area contributed by atoms with Crippen LogP contribution in [0.5, 0.6) is 0 Å². The summed E-state index contributed by atoms with van der Waals surface area (Å²) in [4.78, 5) is 146. The van der Waals surface area contributed by atoms with E-state index in [1.54, 1.807) is 20.1 Å². The van der Waals surface area contributed by atoms with Crippen molar-refractivity contribution in [3.05, 3.63) is 0 Å². The third-order valence-electron chi connectivity index (χ3n) is 10.1. The number of nitrogens with one attached hydrogen (secondary N) is 8. The fourth-order valence-corrected chi connectivity index (χ4v) is 7.16. The van der Waals surface area contributed by atoms with Crippen LogP contribution in [-0.4, -0.2) is 173 Å². The van der Waals surface area contributed by atoms with Gasteiger partial charge in [0.05, 0.1) is 12.6 Å². The number of hydrogen-bond donors (Lipinski definition) is 17. The lowest BCUT2D eigenvalue weighted by Crippen LogP contribution is -2.59. The maximum Gasteiger partial charge on any atom is 0.327 e. The number of carboxylic acids is 2. The smallest absolute Gasteiger partial charge is 0.327 e. The number of amides is 9. The number of carbonyl (C=O) groups is 11. The molecule has 0 radical (unpaired) electrons. The number of aliphatic carboxylic acids is 2. The van der Waals surface area contributed by atoms with Crippen molar-refractivity contribution >= 4 is 108 Å². The third-order valence-corrected chi connectivity index (χ3v) is 11.5. The van der Waals surface area contributed by atoms with E-state index < -0.39 is 133 Å². The second-order valence-electron chi connectivity index (χ2n) is 16.6. The van der Waals surface area contributed by atoms with Crippen molar-refractivity contribution in [2.24, 2.45) is 39.6 Å². The summed E-state index contributed by atoms with van der Waals surface area (Å²) in [5.74, 6) is -10.8. The normalized spacial score (nSPS) is 14.3. The Bertz CT molecular complexity index is 1830. The highest BCUT2D eigenvalue weighted by molar-refractivity contribution is 7.98. The number of carboxylic acid groups (broad SMARTS) is 2. The lowest BCUT2D eigenvalue weighted by Gasteiger charge is -2.27. The molecule has 0 saturated heterocycles. The molecule has 0 rings (SSSR count). The summed E-state index contributed by atoms with van der Waals surface area (Å²) >= 11 is 9.27. The Morgan fingerprint density at radius 1 is 0.577 bits per heavy atom. The van der Waals surface area contributed by atoms with Gasteiger partial charge < -0.3 is 81.4 Å². The Morgan fingerprint density at radius 3 is 1.52 bits per heavy atom. The van der Waals surface area contributed by atoms with Crippen molar-refractivity contribution in [1.82, 2.24) is 42.5 Å². The highest BCUT2D eigenvalue weighted by Crippen LogP contribution is 2.11. The molecule has 20 N–H and O–H groups in total. The zero-order valence-electron chi connectivity index (χ0n) is 40.2. The minimum Gasteiger partial charge on any atom is -0.481 e. The molecule has 0 aromatic heterocycles. The fraction of sp³-hybridized carbons (Fsp3) is 0.707. The first kappa shape index (κ1) is 65.4. The molecule has 0 spiro atoms. The second kappa shape index (κ2) is 36.3. The van der Waals surface area contributed by atoms with Gasteiger partial charge >= 0.3 is 11.9 Å². The van der Waals surface area contributed by atoms with Crippen molar-refractivity contribution in [2.45, 2.75) is 133 Å². The fourth-order valence-electron chi connectivity index (χ4n) is 6.28. The molecule has 0 heterocycles.